The molecular formula is C16H20FIN4O. The van der Waals surface area contributed by atoms with Crippen LogP contribution in [0.5, 0.6) is 0 Å². The van der Waals surface area contributed by atoms with Crippen molar-refractivity contribution in [3.05, 3.63) is 33.7 Å². The number of rotatable bonds is 8. The van der Waals surface area contributed by atoms with Crippen LogP contribution in [0.25, 0.3) is 11.0 Å². The first kappa shape index (κ1) is 18.0. The van der Waals surface area contributed by atoms with Gasteiger partial charge >= 0.3 is 0 Å². The Morgan fingerprint density at radius 3 is 2.91 bits per heavy atom. The van der Waals surface area contributed by atoms with E-state index in [0.717, 1.165) is 15.6 Å². The van der Waals surface area contributed by atoms with Gasteiger partial charge in [0.1, 0.15) is 5.69 Å². The summed E-state index contributed by atoms with van der Waals surface area (Å²) in [4.78, 5) is 22.9. The molecule has 2 aromatic rings. The molecule has 0 spiro atoms. The molecule has 0 fully saturated rings. The molecule has 1 amide bonds. The van der Waals surface area contributed by atoms with E-state index in [1.54, 1.807) is 0 Å². The Labute approximate surface area is 148 Å². The molecule has 2 rings (SSSR count). The first-order chi connectivity index (χ1) is 11.1. The first-order valence-corrected chi connectivity index (χ1v) is 8.70. The molecule has 1 N–H and O–H groups in total. The van der Waals surface area contributed by atoms with Gasteiger partial charge in [0.05, 0.1) is 23.9 Å². The van der Waals surface area contributed by atoms with E-state index in [1.807, 2.05) is 25.1 Å². The Hall–Kier alpha value is -1.35. The van der Waals surface area contributed by atoms with Gasteiger partial charge in [-0.05, 0) is 53.8 Å². The highest BCUT2D eigenvalue weighted by Gasteiger charge is 2.10. The van der Waals surface area contributed by atoms with Crippen molar-refractivity contribution in [3.8, 4) is 0 Å². The van der Waals surface area contributed by atoms with Crippen LogP contribution < -0.4 is 5.32 Å². The normalized spacial score (nSPS) is 11.1. The van der Waals surface area contributed by atoms with E-state index in [2.05, 4.69) is 42.8 Å². The predicted octanol–water partition coefficient (Wildman–Crippen LogP) is 2.65. The van der Waals surface area contributed by atoms with Crippen molar-refractivity contribution < 1.29 is 9.18 Å². The van der Waals surface area contributed by atoms with Crippen LogP contribution in [0.4, 0.5) is 4.39 Å². The lowest BCUT2D eigenvalue weighted by atomic mass is 10.3. The zero-order valence-corrected chi connectivity index (χ0v) is 15.2. The van der Waals surface area contributed by atoms with E-state index < -0.39 is 0 Å². The summed E-state index contributed by atoms with van der Waals surface area (Å²) in [6.07, 6.45) is 2.02. The van der Waals surface area contributed by atoms with Gasteiger partial charge in [-0.15, -0.1) is 0 Å². The predicted molar refractivity (Wildman–Crippen MR) is 97.3 cm³/mol. The topological polar surface area (TPSA) is 58.1 Å². The maximum absolute atomic E-state index is 12.2. The minimum absolute atomic E-state index is 0.237. The molecular weight excluding hydrogens is 409 g/mol. The number of amides is 1. The fourth-order valence-electron chi connectivity index (χ4n) is 2.22. The fraction of sp³-hybridized carbons (Fsp3) is 0.438. The van der Waals surface area contributed by atoms with Crippen LogP contribution in [0.1, 0.15) is 23.8 Å². The first-order valence-electron chi connectivity index (χ1n) is 7.63. The van der Waals surface area contributed by atoms with Gasteiger partial charge in [0.15, 0.2) is 0 Å². The highest BCUT2D eigenvalue weighted by Crippen LogP contribution is 2.13. The van der Waals surface area contributed by atoms with Gasteiger partial charge in [0, 0.05) is 23.2 Å². The standard InChI is InChI=1S/C16H20FIN4O/c1-2-22(8-3-6-17)9-7-19-16(23)15-11-20-14-10-12(18)4-5-13(14)21-15/h4-5,10-11H,2-3,6-9H2,1H3,(H,19,23)/i17-1. The van der Waals surface area contributed by atoms with Crippen molar-refractivity contribution in [2.75, 3.05) is 32.9 Å². The molecule has 0 bridgehead atoms. The summed E-state index contributed by atoms with van der Waals surface area (Å²) < 4.78 is 13.3. The van der Waals surface area contributed by atoms with Gasteiger partial charge in [0.25, 0.3) is 5.91 Å². The smallest absolute Gasteiger partial charge is 0.271 e. The Morgan fingerprint density at radius 2 is 2.17 bits per heavy atom. The molecule has 1 aromatic carbocycles. The van der Waals surface area contributed by atoms with Crippen molar-refractivity contribution in [1.29, 1.82) is 0 Å². The molecule has 0 saturated carbocycles. The van der Waals surface area contributed by atoms with Crippen molar-refractivity contribution in [2.24, 2.45) is 0 Å². The number of aromatic nitrogens is 2. The molecule has 7 heteroatoms. The van der Waals surface area contributed by atoms with E-state index in [-0.39, 0.29) is 12.6 Å². The van der Waals surface area contributed by atoms with Crippen LogP contribution >= 0.6 is 22.6 Å². The molecule has 0 atom stereocenters. The van der Waals surface area contributed by atoms with E-state index in [4.69, 9.17) is 0 Å². The summed E-state index contributed by atoms with van der Waals surface area (Å²) >= 11 is 2.21. The molecule has 0 saturated heterocycles. The second-order valence-corrected chi connectivity index (χ2v) is 6.37. The van der Waals surface area contributed by atoms with Crippen LogP contribution in [-0.2, 0) is 0 Å². The Kier molecular flexibility index (Phi) is 7.10. The van der Waals surface area contributed by atoms with Crippen LogP contribution in [0.15, 0.2) is 24.4 Å². The number of carbonyl (C=O) groups excluding carboxylic acids is 1. The summed E-state index contributed by atoms with van der Waals surface area (Å²) in [5, 5.41) is 2.84. The maximum atomic E-state index is 12.2. The van der Waals surface area contributed by atoms with Crippen molar-refractivity contribution >= 4 is 39.5 Å². The number of alkyl halides is 1. The minimum atomic E-state index is -0.311. The van der Waals surface area contributed by atoms with Crippen LogP contribution in [0.3, 0.4) is 0 Å². The highest BCUT2D eigenvalue weighted by atomic mass is 127. The van der Waals surface area contributed by atoms with Gasteiger partial charge in [-0.3, -0.25) is 14.2 Å². The second-order valence-electron chi connectivity index (χ2n) is 5.12. The molecule has 0 unspecified atom stereocenters. The third-order valence-electron chi connectivity index (χ3n) is 3.51. The third-order valence-corrected chi connectivity index (χ3v) is 4.18. The Morgan fingerprint density at radius 1 is 1.35 bits per heavy atom. The van der Waals surface area contributed by atoms with Gasteiger partial charge < -0.3 is 10.2 Å². The van der Waals surface area contributed by atoms with E-state index in [9.17, 15) is 9.18 Å². The lowest BCUT2D eigenvalue weighted by Crippen LogP contribution is -2.35. The number of hydrogen-bond acceptors (Lipinski definition) is 4. The third kappa shape index (κ3) is 5.35. The quantitative estimate of drug-likeness (QED) is 0.656. The monoisotopic (exact) mass is 429 g/mol. The van der Waals surface area contributed by atoms with Crippen molar-refractivity contribution in [1.82, 2.24) is 20.2 Å². The van der Waals surface area contributed by atoms with Gasteiger partial charge in [-0.2, -0.15) is 0 Å². The Balaban J connectivity index is 1.91. The number of halogens is 2. The van der Waals surface area contributed by atoms with Crippen LogP contribution in [0, 0.1) is 3.57 Å². The van der Waals surface area contributed by atoms with Gasteiger partial charge in [0.2, 0.25) is 0 Å². The zero-order valence-electron chi connectivity index (χ0n) is 13.1. The van der Waals surface area contributed by atoms with Crippen molar-refractivity contribution in [2.45, 2.75) is 13.3 Å². The summed E-state index contributed by atoms with van der Waals surface area (Å²) in [5.41, 5.74) is 1.79. The molecule has 0 aliphatic heterocycles. The Bertz CT molecular complexity index is 668. The number of hydrogen-bond donors (Lipinski definition) is 1. The van der Waals surface area contributed by atoms with E-state index >= 15 is 0 Å². The van der Waals surface area contributed by atoms with Gasteiger partial charge in [-0.1, -0.05) is 6.92 Å². The molecule has 5 nitrogen and oxygen atoms in total. The average molecular weight is 429 g/mol. The van der Waals surface area contributed by atoms with E-state index in [0.29, 0.717) is 37.3 Å². The lowest BCUT2D eigenvalue weighted by Gasteiger charge is -2.19. The van der Waals surface area contributed by atoms with E-state index in [1.165, 1.54) is 6.20 Å². The fourth-order valence-corrected chi connectivity index (χ4v) is 2.70. The molecule has 1 aromatic heterocycles. The maximum Gasteiger partial charge on any atom is 0.271 e. The zero-order chi connectivity index (χ0) is 16.7. The summed E-state index contributed by atoms with van der Waals surface area (Å²) in [5.74, 6) is -0.237. The molecule has 0 radical (unpaired) electrons. The number of carbonyl (C=O) groups is 1. The lowest BCUT2D eigenvalue weighted by molar-refractivity contribution is 0.0943. The largest absolute Gasteiger partial charge is 0.349 e. The van der Waals surface area contributed by atoms with Crippen LogP contribution in [0.2, 0.25) is 0 Å². The molecule has 0 aliphatic carbocycles. The molecule has 0 aliphatic rings. The molecule has 23 heavy (non-hydrogen) atoms. The number of fused-ring (bicyclic) bond motifs is 1. The number of likely N-dealkylation sites (N-methyl/N-ethyl adjacent to an activating group) is 1. The van der Waals surface area contributed by atoms with Crippen LogP contribution in [-0.4, -0.2) is 53.6 Å². The highest BCUT2D eigenvalue weighted by molar-refractivity contribution is 14.1. The van der Waals surface area contributed by atoms with Gasteiger partial charge in [-0.25, -0.2) is 4.98 Å². The molecule has 124 valence electrons. The summed E-state index contributed by atoms with van der Waals surface area (Å²) in [6.45, 7) is 4.46. The SMILES string of the molecule is CCN(CCC[18F])CCNC(=O)c1cnc2cc(I)ccc2n1. The average Bonchev–Trinajstić information content (AvgIpc) is 2.57. The summed E-state index contributed by atoms with van der Waals surface area (Å²) in [6, 6.07) is 5.72. The number of nitrogens with one attached hydrogen (secondary N) is 1. The second kappa shape index (κ2) is 9.07. The molecule has 1 heterocycles. The van der Waals surface area contributed by atoms with Crippen molar-refractivity contribution in [3.63, 3.8) is 0 Å². The number of nitrogens with zero attached hydrogens (tertiary/aromatic N) is 3. The summed E-state index contributed by atoms with van der Waals surface area (Å²) in [7, 11) is 0. The minimum Gasteiger partial charge on any atom is -0.349 e. The number of benzene rings is 1.